The zero-order valence-corrected chi connectivity index (χ0v) is 10.3. The molecule has 0 aliphatic carbocycles. The van der Waals surface area contributed by atoms with Crippen LogP contribution < -0.4 is 5.32 Å². The summed E-state index contributed by atoms with van der Waals surface area (Å²) in [4.78, 5) is 0. The number of ether oxygens (including phenoxy) is 1. The van der Waals surface area contributed by atoms with E-state index < -0.39 is 0 Å². The summed E-state index contributed by atoms with van der Waals surface area (Å²) in [5.41, 5.74) is 1.40. The molecule has 1 aromatic rings. The van der Waals surface area contributed by atoms with E-state index in [9.17, 15) is 0 Å². The smallest absolute Gasteiger partial charge is 0.0700 e. The van der Waals surface area contributed by atoms with Crippen molar-refractivity contribution in [2.75, 3.05) is 19.7 Å². The summed E-state index contributed by atoms with van der Waals surface area (Å²) in [6.07, 6.45) is 4.01. The van der Waals surface area contributed by atoms with Gasteiger partial charge in [-0.1, -0.05) is 30.3 Å². The Balaban J connectivity index is 0.00000128. The molecule has 0 bridgehead atoms. The monoisotopic (exact) mass is 241 g/mol. The van der Waals surface area contributed by atoms with E-state index in [2.05, 4.69) is 35.6 Å². The van der Waals surface area contributed by atoms with Crippen LogP contribution in [0.4, 0.5) is 0 Å². The number of rotatable bonds is 5. The van der Waals surface area contributed by atoms with Crippen molar-refractivity contribution in [3.05, 3.63) is 35.9 Å². The maximum Gasteiger partial charge on any atom is 0.0700 e. The van der Waals surface area contributed by atoms with E-state index in [1.165, 1.54) is 18.4 Å². The Labute approximate surface area is 104 Å². The van der Waals surface area contributed by atoms with Crippen LogP contribution in [0.2, 0.25) is 0 Å². The molecule has 1 heterocycles. The van der Waals surface area contributed by atoms with E-state index >= 15 is 0 Å². The molecule has 1 N–H and O–H groups in total. The molecule has 0 radical (unpaired) electrons. The van der Waals surface area contributed by atoms with Gasteiger partial charge in [-0.2, -0.15) is 0 Å². The van der Waals surface area contributed by atoms with Gasteiger partial charge in [0.2, 0.25) is 0 Å². The predicted molar refractivity (Wildman–Crippen MR) is 69.2 cm³/mol. The maximum absolute atomic E-state index is 5.54. The fraction of sp³-hybridized carbons (Fsp3) is 0.538. The minimum absolute atomic E-state index is 0. The molecule has 1 aliphatic heterocycles. The number of nitrogens with one attached hydrogen (secondary N) is 1. The molecule has 1 aromatic carbocycles. The van der Waals surface area contributed by atoms with Crippen LogP contribution in [0.25, 0.3) is 0 Å². The lowest BCUT2D eigenvalue weighted by atomic mass is 10.1. The van der Waals surface area contributed by atoms with Gasteiger partial charge in [0.15, 0.2) is 0 Å². The second-order valence-electron chi connectivity index (χ2n) is 4.07. The third kappa shape index (κ3) is 4.52. The molecule has 2 rings (SSSR count). The number of hydrogen-bond acceptors (Lipinski definition) is 2. The second kappa shape index (κ2) is 7.66. The van der Waals surface area contributed by atoms with Gasteiger partial charge >= 0.3 is 0 Å². The van der Waals surface area contributed by atoms with Crippen molar-refractivity contribution >= 4 is 12.4 Å². The quantitative estimate of drug-likeness (QED) is 0.800. The van der Waals surface area contributed by atoms with Crippen molar-refractivity contribution in [3.8, 4) is 0 Å². The lowest BCUT2D eigenvalue weighted by Gasteiger charge is -2.10. The van der Waals surface area contributed by atoms with E-state index in [1.807, 2.05) is 0 Å². The molecule has 1 aliphatic rings. The van der Waals surface area contributed by atoms with Crippen molar-refractivity contribution < 1.29 is 4.74 Å². The first kappa shape index (κ1) is 13.5. The van der Waals surface area contributed by atoms with Gasteiger partial charge in [-0.15, -0.1) is 12.4 Å². The Hall–Kier alpha value is -0.570. The van der Waals surface area contributed by atoms with Gasteiger partial charge in [-0.25, -0.2) is 0 Å². The highest BCUT2D eigenvalue weighted by Gasteiger charge is 2.13. The van der Waals surface area contributed by atoms with E-state index in [0.717, 1.165) is 26.1 Å². The van der Waals surface area contributed by atoms with E-state index in [0.29, 0.717) is 6.10 Å². The molecule has 0 amide bonds. The first-order valence-corrected chi connectivity index (χ1v) is 5.81. The lowest BCUT2D eigenvalue weighted by molar-refractivity contribution is 0.110. The average molecular weight is 242 g/mol. The normalized spacial score (nSPS) is 19.4. The molecule has 2 nitrogen and oxygen atoms in total. The summed E-state index contributed by atoms with van der Waals surface area (Å²) in [6, 6.07) is 10.6. The van der Waals surface area contributed by atoms with Gasteiger partial charge < -0.3 is 10.1 Å². The third-order valence-electron chi connectivity index (χ3n) is 2.83. The molecule has 1 unspecified atom stereocenters. The van der Waals surface area contributed by atoms with Crippen molar-refractivity contribution in [1.29, 1.82) is 0 Å². The molecule has 0 saturated carbocycles. The van der Waals surface area contributed by atoms with Crippen LogP contribution in [0.1, 0.15) is 18.4 Å². The van der Waals surface area contributed by atoms with Crippen LogP contribution in [0.15, 0.2) is 30.3 Å². The summed E-state index contributed by atoms with van der Waals surface area (Å²) in [5, 5.41) is 3.45. The first-order valence-electron chi connectivity index (χ1n) is 5.81. The van der Waals surface area contributed by atoms with E-state index in [1.54, 1.807) is 0 Å². The fourth-order valence-electron chi connectivity index (χ4n) is 1.95. The van der Waals surface area contributed by atoms with Crippen molar-refractivity contribution in [2.45, 2.75) is 25.4 Å². The largest absolute Gasteiger partial charge is 0.377 e. The van der Waals surface area contributed by atoms with Crippen molar-refractivity contribution in [2.24, 2.45) is 0 Å². The zero-order chi connectivity index (χ0) is 10.3. The molecular formula is C13H20ClNO. The molecular weight excluding hydrogens is 222 g/mol. The van der Waals surface area contributed by atoms with Crippen molar-refractivity contribution in [1.82, 2.24) is 5.32 Å². The predicted octanol–water partition coefficient (Wildman–Crippen LogP) is 2.42. The number of halogens is 1. The molecule has 0 spiro atoms. The van der Waals surface area contributed by atoms with Crippen LogP contribution in [0.3, 0.4) is 0 Å². The second-order valence-corrected chi connectivity index (χ2v) is 4.07. The average Bonchev–Trinajstić information content (AvgIpc) is 2.79. The molecule has 1 fully saturated rings. The van der Waals surface area contributed by atoms with Gasteiger partial charge in [0.05, 0.1) is 6.10 Å². The summed E-state index contributed by atoms with van der Waals surface area (Å²) >= 11 is 0. The van der Waals surface area contributed by atoms with Crippen molar-refractivity contribution in [3.63, 3.8) is 0 Å². The minimum atomic E-state index is 0. The highest BCUT2D eigenvalue weighted by Crippen LogP contribution is 2.10. The Bertz CT molecular complexity index is 273. The molecule has 1 atom stereocenters. The van der Waals surface area contributed by atoms with E-state index in [-0.39, 0.29) is 12.4 Å². The van der Waals surface area contributed by atoms with Gasteiger partial charge in [-0.3, -0.25) is 0 Å². The van der Waals surface area contributed by atoms with Crippen LogP contribution in [-0.2, 0) is 11.2 Å². The Morgan fingerprint density at radius 2 is 2.06 bits per heavy atom. The highest BCUT2D eigenvalue weighted by molar-refractivity contribution is 5.85. The molecule has 90 valence electrons. The van der Waals surface area contributed by atoms with Crippen LogP contribution in [0.5, 0.6) is 0 Å². The Morgan fingerprint density at radius 1 is 1.25 bits per heavy atom. The summed E-state index contributed by atoms with van der Waals surface area (Å²) < 4.78 is 5.54. The number of benzene rings is 1. The fourth-order valence-corrected chi connectivity index (χ4v) is 1.95. The van der Waals surface area contributed by atoms with Crippen LogP contribution >= 0.6 is 12.4 Å². The lowest BCUT2D eigenvalue weighted by Crippen LogP contribution is -2.27. The van der Waals surface area contributed by atoms with Gasteiger partial charge in [0.25, 0.3) is 0 Å². The van der Waals surface area contributed by atoms with Crippen LogP contribution in [0, 0.1) is 0 Å². The molecule has 16 heavy (non-hydrogen) atoms. The standard InChI is InChI=1S/C13H19NO.ClH/c1-2-5-12(6-3-1)8-9-14-11-13-7-4-10-15-13;/h1-3,5-6,13-14H,4,7-11H2;1H. The summed E-state index contributed by atoms with van der Waals surface area (Å²) in [6.45, 7) is 3.00. The third-order valence-corrected chi connectivity index (χ3v) is 2.83. The van der Waals surface area contributed by atoms with Gasteiger partial charge in [0, 0.05) is 13.2 Å². The van der Waals surface area contributed by atoms with Gasteiger partial charge in [-0.05, 0) is 31.4 Å². The molecule has 1 saturated heterocycles. The SMILES string of the molecule is Cl.c1ccc(CCNCC2CCCO2)cc1. The van der Waals surface area contributed by atoms with E-state index in [4.69, 9.17) is 4.74 Å². The topological polar surface area (TPSA) is 21.3 Å². The molecule has 0 aromatic heterocycles. The first-order chi connectivity index (χ1) is 7.45. The summed E-state index contributed by atoms with van der Waals surface area (Å²) in [7, 11) is 0. The minimum Gasteiger partial charge on any atom is -0.377 e. The maximum atomic E-state index is 5.54. The number of hydrogen-bond donors (Lipinski definition) is 1. The zero-order valence-electron chi connectivity index (χ0n) is 9.52. The Morgan fingerprint density at radius 3 is 2.75 bits per heavy atom. The van der Waals surface area contributed by atoms with Gasteiger partial charge in [0.1, 0.15) is 0 Å². The summed E-state index contributed by atoms with van der Waals surface area (Å²) in [5.74, 6) is 0. The Kier molecular flexibility index (Phi) is 6.46. The molecule has 3 heteroatoms. The van der Waals surface area contributed by atoms with Crippen LogP contribution in [-0.4, -0.2) is 25.8 Å². The highest BCUT2D eigenvalue weighted by atomic mass is 35.5.